The molecule has 0 amide bonds. The van der Waals surface area contributed by atoms with Crippen LogP contribution in [0.4, 0.5) is 0 Å². The fraction of sp³-hybridized carbons (Fsp3) is 0.267. The van der Waals surface area contributed by atoms with E-state index in [1.165, 1.54) is 10.4 Å². The van der Waals surface area contributed by atoms with Gasteiger partial charge in [0.1, 0.15) is 4.83 Å². The summed E-state index contributed by atoms with van der Waals surface area (Å²) < 4.78 is 1.99. The van der Waals surface area contributed by atoms with Gasteiger partial charge in [-0.25, -0.2) is 0 Å². The summed E-state index contributed by atoms with van der Waals surface area (Å²) in [6.45, 7) is 1.95. The van der Waals surface area contributed by atoms with Crippen LogP contribution in [0.3, 0.4) is 0 Å². The molecule has 3 aromatic rings. The van der Waals surface area contributed by atoms with Crippen LogP contribution >= 0.6 is 23.6 Å². The van der Waals surface area contributed by atoms with Crippen LogP contribution in [-0.2, 0) is 12.8 Å². The van der Waals surface area contributed by atoms with Crippen LogP contribution in [0.1, 0.15) is 22.4 Å². The summed E-state index contributed by atoms with van der Waals surface area (Å²) in [5, 5.41) is 0.808. The van der Waals surface area contributed by atoms with E-state index in [0.717, 1.165) is 40.7 Å². The van der Waals surface area contributed by atoms with E-state index in [1.807, 2.05) is 13.0 Å². The summed E-state index contributed by atoms with van der Waals surface area (Å²) in [4.78, 5) is 22.6. The Bertz CT molecular complexity index is 981. The van der Waals surface area contributed by atoms with Gasteiger partial charge in [0.2, 0.25) is 0 Å². The Morgan fingerprint density at radius 2 is 2.24 bits per heavy atom. The minimum atomic E-state index is -0.0273. The Morgan fingerprint density at radius 1 is 1.38 bits per heavy atom. The van der Waals surface area contributed by atoms with Crippen molar-refractivity contribution in [1.29, 1.82) is 0 Å². The number of fused-ring (bicyclic) bond motifs is 3. The molecule has 0 radical (unpaired) electrons. The van der Waals surface area contributed by atoms with Gasteiger partial charge in [-0.05, 0) is 55.6 Å². The molecule has 0 spiro atoms. The van der Waals surface area contributed by atoms with Crippen LogP contribution in [0.25, 0.3) is 15.9 Å². The largest absolute Gasteiger partial charge is 0.323 e. The first kappa shape index (κ1) is 12.9. The Labute approximate surface area is 130 Å². The summed E-state index contributed by atoms with van der Waals surface area (Å²) in [5.41, 5.74) is 2.91. The molecule has 0 bridgehead atoms. The molecule has 0 saturated heterocycles. The van der Waals surface area contributed by atoms with Gasteiger partial charge in [0, 0.05) is 11.1 Å². The number of aromatic nitrogens is 3. The van der Waals surface area contributed by atoms with Crippen molar-refractivity contribution in [2.24, 2.45) is 0 Å². The highest BCUT2D eigenvalue weighted by atomic mass is 32.1. The molecule has 4 rings (SSSR count). The molecular formula is C15H13N3OS2. The third kappa shape index (κ3) is 1.90. The molecule has 1 N–H and O–H groups in total. The Morgan fingerprint density at radius 3 is 3.05 bits per heavy atom. The van der Waals surface area contributed by atoms with E-state index in [1.54, 1.807) is 28.3 Å². The molecular weight excluding hydrogens is 302 g/mol. The number of nitrogens with one attached hydrogen (secondary N) is 1. The lowest BCUT2D eigenvalue weighted by molar-refractivity contribution is 0.908. The van der Waals surface area contributed by atoms with Crippen molar-refractivity contribution < 1.29 is 0 Å². The standard InChI is InChI=1S/C15H13N3OS2/c1-8-5-9(7-16-6-8)18-14(19)12-10-3-2-4-11(10)21-13(12)17-15(18)20/h5-7H,2-4H2,1H3,(H,17,20). The Hall–Kier alpha value is -1.79. The summed E-state index contributed by atoms with van der Waals surface area (Å²) in [6, 6.07) is 1.93. The Kier molecular flexibility index (Phi) is 2.83. The number of thiophene rings is 1. The second-order valence-electron chi connectivity index (χ2n) is 5.35. The Balaban J connectivity index is 2.11. The number of aromatic amines is 1. The van der Waals surface area contributed by atoms with Crippen LogP contribution in [0.15, 0.2) is 23.3 Å². The lowest BCUT2D eigenvalue weighted by Gasteiger charge is -2.07. The first-order valence-electron chi connectivity index (χ1n) is 6.87. The zero-order valence-electron chi connectivity index (χ0n) is 11.5. The molecule has 0 unspecified atom stereocenters. The van der Waals surface area contributed by atoms with Gasteiger partial charge in [-0.2, -0.15) is 0 Å². The lowest BCUT2D eigenvalue weighted by atomic mass is 10.2. The maximum atomic E-state index is 12.9. The molecule has 0 fully saturated rings. The summed E-state index contributed by atoms with van der Waals surface area (Å²) in [7, 11) is 0. The van der Waals surface area contributed by atoms with Crippen molar-refractivity contribution in [3.05, 3.63) is 49.6 Å². The predicted octanol–water partition coefficient (Wildman–Crippen LogP) is 3.30. The fourth-order valence-corrected chi connectivity index (χ4v) is 4.61. The van der Waals surface area contributed by atoms with E-state index in [2.05, 4.69) is 9.97 Å². The number of hydrogen-bond acceptors (Lipinski definition) is 4. The van der Waals surface area contributed by atoms with Crippen molar-refractivity contribution in [2.45, 2.75) is 26.2 Å². The van der Waals surface area contributed by atoms with Crippen molar-refractivity contribution in [2.75, 3.05) is 0 Å². The van der Waals surface area contributed by atoms with Crippen molar-refractivity contribution >= 4 is 33.8 Å². The first-order chi connectivity index (χ1) is 10.1. The molecule has 0 aromatic carbocycles. The highest BCUT2D eigenvalue weighted by Gasteiger charge is 2.21. The minimum absolute atomic E-state index is 0.0273. The van der Waals surface area contributed by atoms with E-state index in [-0.39, 0.29) is 5.56 Å². The zero-order valence-corrected chi connectivity index (χ0v) is 13.1. The fourth-order valence-electron chi connectivity index (χ4n) is 2.97. The van der Waals surface area contributed by atoms with E-state index in [9.17, 15) is 4.79 Å². The highest BCUT2D eigenvalue weighted by Crippen LogP contribution is 2.34. The number of rotatable bonds is 1. The number of nitrogens with zero attached hydrogens (tertiary/aromatic N) is 2. The van der Waals surface area contributed by atoms with Gasteiger partial charge >= 0.3 is 0 Å². The van der Waals surface area contributed by atoms with Gasteiger partial charge in [0.05, 0.1) is 17.3 Å². The predicted molar refractivity (Wildman–Crippen MR) is 87.2 cm³/mol. The van der Waals surface area contributed by atoms with E-state index < -0.39 is 0 Å². The van der Waals surface area contributed by atoms with Crippen LogP contribution in [0.2, 0.25) is 0 Å². The molecule has 0 aliphatic heterocycles. The topological polar surface area (TPSA) is 50.7 Å². The molecule has 106 valence electrons. The third-order valence-electron chi connectivity index (χ3n) is 3.88. The SMILES string of the molecule is Cc1cncc(-n2c(=S)[nH]c3sc4c(c3c2=O)CCC4)c1. The van der Waals surface area contributed by atoms with Crippen LogP contribution in [-0.4, -0.2) is 14.5 Å². The molecule has 3 heterocycles. The normalized spacial score (nSPS) is 13.8. The summed E-state index contributed by atoms with van der Waals surface area (Å²) >= 11 is 7.06. The maximum Gasteiger partial charge on any atom is 0.267 e. The molecule has 0 saturated carbocycles. The van der Waals surface area contributed by atoms with Gasteiger partial charge in [-0.15, -0.1) is 11.3 Å². The number of pyridine rings is 1. The molecule has 3 aromatic heterocycles. The monoisotopic (exact) mass is 315 g/mol. The van der Waals surface area contributed by atoms with Crippen molar-refractivity contribution in [1.82, 2.24) is 14.5 Å². The quantitative estimate of drug-likeness (QED) is 0.701. The van der Waals surface area contributed by atoms with Crippen LogP contribution in [0, 0.1) is 11.7 Å². The van der Waals surface area contributed by atoms with Crippen molar-refractivity contribution in [3.63, 3.8) is 0 Å². The number of hydrogen-bond donors (Lipinski definition) is 1. The average molecular weight is 315 g/mol. The summed E-state index contributed by atoms with van der Waals surface area (Å²) in [5.74, 6) is 0. The van der Waals surface area contributed by atoms with E-state index in [4.69, 9.17) is 12.2 Å². The van der Waals surface area contributed by atoms with Crippen molar-refractivity contribution in [3.8, 4) is 5.69 Å². The molecule has 1 aliphatic carbocycles. The number of aryl methyl sites for hydroxylation is 3. The van der Waals surface area contributed by atoms with Gasteiger partial charge in [-0.3, -0.25) is 14.3 Å². The number of H-pyrrole nitrogens is 1. The average Bonchev–Trinajstić information content (AvgIpc) is 2.98. The highest BCUT2D eigenvalue weighted by molar-refractivity contribution is 7.71. The molecule has 1 aliphatic rings. The van der Waals surface area contributed by atoms with Gasteiger partial charge < -0.3 is 4.98 Å². The lowest BCUT2D eigenvalue weighted by Crippen LogP contribution is -2.20. The second kappa shape index (κ2) is 4.61. The second-order valence-corrected chi connectivity index (χ2v) is 6.84. The molecule has 4 nitrogen and oxygen atoms in total. The smallest absolute Gasteiger partial charge is 0.267 e. The molecule has 21 heavy (non-hydrogen) atoms. The minimum Gasteiger partial charge on any atom is -0.323 e. The molecule has 0 atom stereocenters. The van der Waals surface area contributed by atoms with Crippen LogP contribution in [0.5, 0.6) is 0 Å². The van der Waals surface area contributed by atoms with Gasteiger partial charge in [-0.1, -0.05) is 0 Å². The maximum absolute atomic E-state index is 12.9. The van der Waals surface area contributed by atoms with Crippen LogP contribution < -0.4 is 5.56 Å². The third-order valence-corrected chi connectivity index (χ3v) is 5.37. The van der Waals surface area contributed by atoms with Gasteiger partial charge in [0.15, 0.2) is 4.77 Å². The first-order valence-corrected chi connectivity index (χ1v) is 8.09. The molecule has 6 heteroatoms. The summed E-state index contributed by atoms with van der Waals surface area (Å²) in [6.07, 6.45) is 6.64. The zero-order chi connectivity index (χ0) is 14.6. The van der Waals surface area contributed by atoms with E-state index in [0.29, 0.717) is 4.77 Å². The van der Waals surface area contributed by atoms with E-state index >= 15 is 0 Å². The van der Waals surface area contributed by atoms with Gasteiger partial charge in [0.25, 0.3) is 5.56 Å².